The van der Waals surface area contributed by atoms with E-state index in [1.807, 2.05) is 13.8 Å². The van der Waals surface area contributed by atoms with Crippen LogP contribution in [0, 0.1) is 18.3 Å². The Bertz CT molecular complexity index is 552. The number of benzene rings is 1. The quantitative estimate of drug-likeness (QED) is 0.560. The summed E-state index contributed by atoms with van der Waals surface area (Å²) in [5.41, 5.74) is 1.55. The molecule has 0 heterocycles. The van der Waals surface area contributed by atoms with Crippen LogP contribution in [0.3, 0.4) is 0 Å². The van der Waals surface area contributed by atoms with Crippen LogP contribution in [0.4, 0.5) is 5.69 Å². The van der Waals surface area contributed by atoms with Gasteiger partial charge in [-0.2, -0.15) is 5.26 Å². The first-order valence-electron chi connectivity index (χ1n) is 7.42. The second-order valence-electron chi connectivity index (χ2n) is 5.54. The van der Waals surface area contributed by atoms with Crippen LogP contribution in [0.2, 0.25) is 0 Å². The molecule has 0 aromatic heterocycles. The average Bonchev–Trinajstić information content (AvgIpc) is 2.50. The van der Waals surface area contributed by atoms with Crippen LogP contribution in [0.25, 0.3) is 0 Å². The monoisotopic (exact) mass is 304 g/mol. The highest BCUT2D eigenvalue weighted by Gasteiger charge is 2.25. The lowest BCUT2D eigenvalue weighted by Crippen LogP contribution is -2.32. The van der Waals surface area contributed by atoms with E-state index in [-0.39, 0.29) is 5.60 Å². The van der Waals surface area contributed by atoms with Crippen LogP contribution < -0.4 is 10.1 Å². The van der Waals surface area contributed by atoms with Crippen molar-refractivity contribution in [2.45, 2.75) is 45.6 Å². The zero-order valence-electron chi connectivity index (χ0n) is 13.7. The topological polar surface area (TPSA) is 71.3 Å². The van der Waals surface area contributed by atoms with E-state index >= 15 is 0 Å². The predicted molar refractivity (Wildman–Crippen MR) is 86.0 cm³/mol. The summed E-state index contributed by atoms with van der Waals surface area (Å²) in [6.45, 7) is 6.59. The molecule has 1 aromatic rings. The number of hydrogen-bond acceptors (Lipinski definition) is 4. The van der Waals surface area contributed by atoms with Crippen molar-refractivity contribution in [3.63, 3.8) is 0 Å². The Hall–Kier alpha value is -2.06. The minimum atomic E-state index is -0.375. The molecule has 0 aliphatic heterocycles. The maximum absolute atomic E-state index is 10.8. The first-order valence-corrected chi connectivity index (χ1v) is 7.42. The van der Waals surface area contributed by atoms with Gasteiger partial charge in [0.25, 0.3) is 0 Å². The van der Waals surface area contributed by atoms with E-state index in [1.165, 1.54) is 0 Å². The fourth-order valence-electron chi connectivity index (χ4n) is 2.23. The molecule has 1 aromatic carbocycles. The molecule has 0 radical (unpaired) electrons. The van der Waals surface area contributed by atoms with Gasteiger partial charge in [-0.15, -0.1) is 0 Å². The van der Waals surface area contributed by atoms with Gasteiger partial charge in [0.1, 0.15) is 11.4 Å². The number of nitriles is 1. The van der Waals surface area contributed by atoms with Crippen molar-refractivity contribution in [3.05, 3.63) is 23.3 Å². The second kappa shape index (κ2) is 8.40. The molecule has 0 aliphatic rings. The molecule has 120 valence electrons. The van der Waals surface area contributed by atoms with Crippen molar-refractivity contribution >= 4 is 12.1 Å². The molecular weight excluding hydrogens is 280 g/mol. The van der Waals surface area contributed by atoms with Gasteiger partial charge in [-0.05, 0) is 44.7 Å². The van der Waals surface area contributed by atoms with Gasteiger partial charge in [0.2, 0.25) is 6.41 Å². The summed E-state index contributed by atoms with van der Waals surface area (Å²) in [5, 5.41) is 11.8. The van der Waals surface area contributed by atoms with Crippen LogP contribution in [-0.4, -0.2) is 25.7 Å². The van der Waals surface area contributed by atoms with E-state index < -0.39 is 0 Å². The van der Waals surface area contributed by atoms with Crippen molar-refractivity contribution in [3.8, 4) is 11.8 Å². The Kier molecular flexibility index (Phi) is 6.87. The van der Waals surface area contributed by atoms with Crippen molar-refractivity contribution in [1.29, 1.82) is 5.26 Å². The molecule has 1 N–H and O–H groups in total. The molecule has 5 nitrogen and oxygen atoms in total. The van der Waals surface area contributed by atoms with Crippen LogP contribution in [0.1, 0.15) is 44.2 Å². The summed E-state index contributed by atoms with van der Waals surface area (Å²) in [6, 6.07) is 5.59. The number of nitrogens with zero attached hydrogens (tertiary/aromatic N) is 1. The number of methoxy groups -OCH3 is 1. The smallest absolute Gasteiger partial charge is 0.211 e. The van der Waals surface area contributed by atoms with Gasteiger partial charge in [0, 0.05) is 19.8 Å². The van der Waals surface area contributed by atoms with Gasteiger partial charge in [-0.3, -0.25) is 4.79 Å². The van der Waals surface area contributed by atoms with Crippen LogP contribution >= 0.6 is 0 Å². The van der Waals surface area contributed by atoms with E-state index in [0.717, 1.165) is 24.8 Å². The van der Waals surface area contributed by atoms with Crippen LogP contribution in [0.5, 0.6) is 5.75 Å². The molecule has 5 heteroatoms. The first kappa shape index (κ1) is 18.0. The summed E-state index contributed by atoms with van der Waals surface area (Å²) in [7, 11) is 1.68. The Labute approximate surface area is 132 Å². The van der Waals surface area contributed by atoms with E-state index in [1.54, 1.807) is 19.2 Å². The third-order valence-corrected chi connectivity index (χ3v) is 3.82. The molecule has 1 rings (SSSR count). The Morgan fingerprint density at radius 1 is 1.45 bits per heavy atom. The Balaban J connectivity index is 3.07. The molecule has 0 saturated carbocycles. The number of carbonyl (C=O) groups excluding carboxylic acids is 1. The number of hydrogen-bond donors (Lipinski definition) is 1. The number of carbonyl (C=O) groups is 1. The van der Waals surface area contributed by atoms with E-state index in [9.17, 15) is 10.1 Å². The lowest BCUT2D eigenvalue weighted by Gasteiger charge is -2.31. The highest BCUT2D eigenvalue weighted by Crippen LogP contribution is 2.33. The average molecular weight is 304 g/mol. The van der Waals surface area contributed by atoms with Gasteiger partial charge >= 0.3 is 0 Å². The molecule has 1 amide bonds. The number of amides is 1. The summed E-state index contributed by atoms with van der Waals surface area (Å²) < 4.78 is 11.2. The summed E-state index contributed by atoms with van der Waals surface area (Å²) >= 11 is 0. The van der Waals surface area contributed by atoms with Crippen LogP contribution in [0.15, 0.2) is 12.1 Å². The molecule has 1 atom stereocenters. The number of ether oxygens (including phenoxy) is 2. The third kappa shape index (κ3) is 4.74. The predicted octanol–water partition coefficient (Wildman–Crippen LogP) is 3.41. The SMILES string of the molecule is CCC(C)(CCCOC)Oc1cc(C#N)c(C)cc1NC=O. The fourth-order valence-corrected chi connectivity index (χ4v) is 2.23. The van der Waals surface area contributed by atoms with Gasteiger partial charge in [0.05, 0.1) is 17.3 Å². The minimum Gasteiger partial charge on any atom is -0.485 e. The molecule has 1 unspecified atom stereocenters. The van der Waals surface area contributed by atoms with Crippen molar-refractivity contribution in [2.24, 2.45) is 0 Å². The Morgan fingerprint density at radius 2 is 2.18 bits per heavy atom. The molecule has 0 bridgehead atoms. The summed E-state index contributed by atoms with van der Waals surface area (Å²) in [4.78, 5) is 10.8. The first-order chi connectivity index (χ1) is 10.5. The highest BCUT2D eigenvalue weighted by atomic mass is 16.5. The van der Waals surface area contributed by atoms with E-state index in [0.29, 0.717) is 30.0 Å². The summed E-state index contributed by atoms with van der Waals surface area (Å²) in [5.74, 6) is 0.524. The van der Waals surface area contributed by atoms with Crippen molar-refractivity contribution in [1.82, 2.24) is 0 Å². The fraction of sp³-hybridized carbons (Fsp3) is 0.529. The molecule has 0 saturated heterocycles. The number of rotatable bonds is 9. The zero-order chi connectivity index (χ0) is 16.6. The standard InChI is InChI=1S/C17H24N2O3/c1-5-17(3,7-6-8-21-4)22-16-10-14(11-18)13(2)9-15(16)19-12-20/h9-10,12H,5-8H2,1-4H3,(H,19,20). The van der Waals surface area contributed by atoms with E-state index in [4.69, 9.17) is 9.47 Å². The van der Waals surface area contributed by atoms with E-state index in [2.05, 4.69) is 18.3 Å². The third-order valence-electron chi connectivity index (χ3n) is 3.82. The van der Waals surface area contributed by atoms with Gasteiger partial charge < -0.3 is 14.8 Å². The second-order valence-corrected chi connectivity index (χ2v) is 5.54. The maximum Gasteiger partial charge on any atom is 0.211 e. The molecule has 0 aliphatic carbocycles. The molecule has 0 spiro atoms. The van der Waals surface area contributed by atoms with Gasteiger partial charge in [-0.25, -0.2) is 0 Å². The number of anilines is 1. The van der Waals surface area contributed by atoms with Gasteiger partial charge in [0.15, 0.2) is 0 Å². The summed E-state index contributed by atoms with van der Waals surface area (Å²) in [6.07, 6.45) is 3.14. The normalized spacial score (nSPS) is 13.0. The number of nitrogens with one attached hydrogen (secondary N) is 1. The van der Waals surface area contributed by atoms with Crippen molar-refractivity contribution < 1.29 is 14.3 Å². The number of aryl methyl sites for hydroxylation is 1. The maximum atomic E-state index is 10.8. The molecule has 22 heavy (non-hydrogen) atoms. The Morgan fingerprint density at radius 3 is 2.73 bits per heavy atom. The minimum absolute atomic E-state index is 0.375. The lowest BCUT2D eigenvalue weighted by molar-refractivity contribution is -0.105. The largest absolute Gasteiger partial charge is 0.485 e. The zero-order valence-corrected chi connectivity index (χ0v) is 13.7. The molecular formula is C17H24N2O3. The van der Waals surface area contributed by atoms with Gasteiger partial charge in [-0.1, -0.05) is 6.92 Å². The molecule has 0 fully saturated rings. The lowest BCUT2D eigenvalue weighted by atomic mass is 9.96. The van der Waals surface area contributed by atoms with Crippen LogP contribution in [-0.2, 0) is 9.53 Å². The highest BCUT2D eigenvalue weighted by molar-refractivity contribution is 5.76. The van der Waals surface area contributed by atoms with Crippen molar-refractivity contribution in [2.75, 3.05) is 19.0 Å².